The number of carbonyl (C=O) groups excluding carboxylic acids is 1. The molecule has 1 atom stereocenters. The Morgan fingerprint density at radius 3 is 2.52 bits per heavy atom. The molecule has 3 heterocycles. The lowest BCUT2D eigenvalue weighted by Gasteiger charge is -2.43. The molecule has 3 fully saturated rings. The molecule has 0 saturated carbocycles. The maximum absolute atomic E-state index is 14.6. The standard InChI is InChI=1S/C17H23FN4O3/c18-15-7-12(22-9-14(8-19)25-17(22)23)1-2-16(15)21-5-3-20(4-6-21)13-10-24-11-13/h1-2,7,13-14H,3-6,8-11,19H2/t14-/m0/s1. The van der Waals surface area contributed by atoms with Crippen molar-refractivity contribution in [2.75, 3.05) is 62.3 Å². The Kier molecular flexibility index (Phi) is 4.49. The van der Waals surface area contributed by atoms with Crippen molar-refractivity contribution in [2.45, 2.75) is 12.1 Å². The molecule has 3 aliphatic heterocycles. The van der Waals surface area contributed by atoms with Gasteiger partial charge in [-0.15, -0.1) is 0 Å². The van der Waals surface area contributed by atoms with E-state index in [9.17, 15) is 9.18 Å². The molecule has 2 N–H and O–H groups in total. The molecule has 4 rings (SSSR count). The third-order valence-electron chi connectivity index (χ3n) is 5.17. The van der Waals surface area contributed by atoms with Crippen molar-refractivity contribution < 1.29 is 18.7 Å². The molecule has 3 saturated heterocycles. The first kappa shape index (κ1) is 16.6. The quantitative estimate of drug-likeness (QED) is 0.859. The molecular weight excluding hydrogens is 327 g/mol. The van der Waals surface area contributed by atoms with Crippen molar-refractivity contribution in [1.29, 1.82) is 0 Å². The number of piperazine rings is 1. The number of anilines is 2. The predicted molar refractivity (Wildman–Crippen MR) is 91.5 cm³/mol. The number of hydrogen-bond donors (Lipinski definition) is 1. The highest BCUT2D eigenvalue weighted by atomic mass is 19.1. The van der Waals surface area contributed by atoms with E-state index in [0.717, 1.165) is 39.4 Å². The van der Waals surface area contributed by atoms with Gasteiger partial charge in [0.2, 0.25) is 0 Å². The third-order valence-corrected chi connectivity index (χ3v) is 5.17. The third kappa shape index (κ3) is 3.17. The van der Waals surface area contributed by atoms with Crippen LogP contribution in [0.5, 0.6) is 0 Å². The lowest BCUT2D eigenvalue weighted by Crippen LogP contribution is -2.56. The van der Waals surface area contributed by atoms with E-state index in [1.165, 1.54) is 11.0 Å². The zero-order chi connectivity index (χ0) is 17.4. The zero-order valence-electron chi connectivity index (χ0n) is 14.1. The SMILES string of the molecule is NC[C@H]1CN(c2ccc(N3CCN(C4COC4)CC3)c(F)c2)C(=O)O1. The van der Waals surface area contributed by atoms with E-state index in [0.29, 0.717) is 24.0 Å². The van der Waals surface area contributed by atoms with Gasteiger partial charge in [0.1, 0.15) is 11.9 Å². The van der Waals surface area contributed by atoms with Crippen LogP contribution in [-0.2, 0) is 9.47 Å². The van der Waals surface area contributed by atoms with Crippen LogP contribution < -0.4 is 15.5 Å². The Morgan fingerprint density at radius 2 is 1.96 bits per heavy atom. The summed E-state index contributed by atoms with van der Waals surface area (Å²) in [5.74, 6) is -0.318. The van der Waals surface area contributed by atoms with Gasteiger partial charge >= 0.3 is 6.09 Å². The van der Waals surface area contributed by atoms with E-state index in [-0.39, 0.29) is 18.5 Å². The molecule has 7 nitrogen and oxygen atoms in total. The largest absolute Gasteiger partial charge is 0.443 e. The van der Waals surface area contributed by atoms with Gasteiger partial charge in [0.25, 0.3) is 0 Å². The topological polar surface area (TPSA) is 71.3 Å². The van der Waals surface area contributed by atoms with Crippen molar-refractivity contribution >= 4 is 17.5 Å². The van der Waals surface area contributed by atoms with Crippen LogP contribution >= 0.6 is 0 Å². The summed E-state index contributed by atoms with van der Waals surface area (Å²) >= 11 is 0. The van der Waals surface area contributed by atoms with Crippen LogP contribution in [0.3, 0.4) is 0 Å². The first-order valence-corrected chi connectivity index (χ1v) is 8.70. The number of benzene rings is 1. The fourth-order valence-corrected chi connectivity index (χ4v) is 3.54. The minimum Gasteiger partial charge on any atom is -0.443 e. The molecule has 8 heteroatoms. The van der Waals surface area contributed by atoms with Crippen LogP contribution in [0.15, 0.2) is 18.2 Å². The summed E-state index contributed by atoms with van der Waals surface area (Å²) in [5, 5.41) is 0. The van der Waals surface area contributed by atoms with Crippen molar-refractivity contribution in [3.8, 4) is 0 Å². The average Bonchev–Trinajstić information content (AvgIpc) is 2.95. The molecule has 1 amide bonds. The van der Waals surface area contributed by atoms with E-state index in [1.807, 2.05) is 0 Å². The van der Waals surface area contributed by atoms with Crippen molar-refractivity contribution in [3.63, 3.8) is 0 Å². The summed E-state index contributed by atoms with van der Waals surface area (Å²) < 4.78 is 25.0. The Balaban J connectivity index is 1.43. The van der Waals surface area contributed by atoms with E-state index in [4.69, 9.17) is 15.2 Å². The number of ether oxygens (including phenoxy) is 2. The molecule has 0 unspecified atom stereocenters. The van der Waals surface area contributed by atoms with E-state index < -0.39 is 6.09 Å². The highest BCUT2D eigenvalue weighted by Gasteiger charge is 2.33. The van der Waals surface area contributed by atoms with Crippen LogP contribution in [0.2, 0.25) is 0 Å². The number of halogens is 1. The Hall–Kier alpha value is -1.90. The van der Waals surface area contributed by atoms with Crippen molar-refractivity contribution in [3.05, 3.63) is 24.0 Å². The molecule has 0 radical (unpaired) electrons. The van der Waals surface area contributed by atoms with Crippen molar-refractivity contribution in [2.24, 2.45) is 5.73 Å². The second kappa shape index (κ2) is 6.78. The molecule has 3 aliphatic rings. The van der Waals surface area contributed by atoms with Crippen LogP contribution in [0, 0.1) is 5.82 Å². The zero-order valence-corrected chi connectivity index (χ0v) is 14.1. The van der Waals surface area contributed by atoms with Crippen molar-refractivity contribution in [1.82, 2.24) is 4.90 Å². The lowest BCUT2D eigenvalue weighted by molar-refractivity contribution is -0.0660. The average molecular weight is 350 g/mol. The highest BCUT2D eigenvalue weighted by Crippen LogP contribution is 2.28. The summed E-state index contributed by atoms with van der Waals surface area (Å²) in [7, 11) is 0. The summed E-state index contributed by atoms with van der Waals surface area (Å²) in [5.41, 5.74) is 6.62. The molecule has 0 aliphatic carbocycles. The number of hydrogen-bond acceptors (Lipinski definition) is 6. The first-order valence-electron chi connectivity index (χ1n) is 8.70. The van der Waals surface area contributed by atoms with Gasteiger partial charge in [-0.25, -0.2) is 9.18 Å². The molecule has 1 aromatic carbocycles. The molecular formula is C17H23FN4O3. The molecule has 0 bridgehead atoms. The van der Waals surface area contributed by atoms with Gasteiger partial charge in [0, 0.05) is 32.7 Å². The minimum atomic E-state index is -0.473. The Bertz CT molecular complexity index is 647. The maximum Gasteiger partial charge on any atom is 0.414 e. The van der Waals surface area contributed by atoms with E-state index >= 15 is 0 Å². The summed E-state index contributed by atoms with van der Waals surface area (Å²) in [6.45, 7) is 5.62. The number of nitrogens with zero attached hydrogens (tertiary/aromatic N) is 3. The minimum absolute atomic E-state index is 0.263. The normalized spacial score (nSPS) is 25.2. The van der Waals surface area contributed by atoms with E-state index in [1.54, 1.807) is 12.1 Å². The number of cyclic esters (lactones) is 1. The molecule has 0 spiro atoms. The van der Waals surface area contributed by atoms with Crippen LogP contribution in [0.1, 0.15) is 0 Å². The van der Waals surface area contributed by atoms with Gasteiger partial charge in [-0.2, -0.15) is 0 Å². The molecule has 0 aromatic heterocycles. The van der Waals surface area contributed by atoms with Crippen LogP contribution in [0.25, 0.3) is 0 Å². The van der Waals surface area contributed by atoms with Gasteiger partial charge in [0.15, 0.2) is 0 Å². The highest BCUT2D eigenvalue weighted by molar-refractivity contribution is 5.90. The molecule has 1 aromatic rings. The van der Waals surface area contributed by atoms with Gasteiger partial charge in [-0.1, -0.05) is 0 Å². The number of rotatable bonds is 4. The second-order valence-corrected chi connectivity index (χ2v) is 6.70. The van der Waals surface area contributed by atoms with Gasteiger partial charge in [0.05, 0.1) is 37.2 Å². The second-order valence-electron chi connectivity index (χ2n) is 6.70. The summed E-state index contributed by atoms with van der Waals surface area (Å²) in [4.78, 5) is 17.8. The predicted octanol–water partition coefficient (Wildman–Crippen LogP) is 0.630. The maximum atomic E-state index is 14.6. The first-order chi connectivity index (χ1) is 12.2. The fraction of sp³-hybridized carbons (Fsp3) is 0.588. The number of carbonyl (C=O) groups is 1. The van der Waals surface area contributed by atoms with Crippen LogP contribution in [0.4, 0.5) is 20.6 Å². The smallest absolute Gasteiger partial charge is 0.414 e. The van der Waals surface area contributed by atoms with Gasteiger partial charge in [-0.3, -0.25) is 9.80 Å². The molecule has 136 valence electrons. The fourth-order valence-electron chi connectivity index (χ4n) is 3.54. The van der Waals surface area contributed by atoms with Crippen LogP contribution in [-0.4, -0.2) is 75.6 Å². The Morgan fingerprint density at radius 1 is 1.20 bits per heavy atom. The lowest BCUT2D eigenvalue weighted by atomic mass is 10.1. The Labute approximate surface area is 146 Å². The van der Waals surface area contributed by atoms with Gasteiger partial charge in [-0.05, 0) is 18.2 Å². The van der Waals surface area contributed by atoms with Gasteiger partial charge < -0.3 is 20.1 Å². The summed E-state index contributed by atoms with van der Waals surface area (Å²) in [6.07, 6.45) is -0.808. The summed E-state index contributed by atoms with van der Waals surface area (Å²) in [6, 6.07) is 5.44. The monoisotopic (exact) mass is 350 g/mol. The molecule has 25 heavy (non-hydrogen) atoms. The number of amides is 1. The van der Waals surface area contributed by atoms with E-state index in [2.05, 4.69) is 9.80 Å². The number of nitrogens with two attached hydrogens (primary N) is 1.